The second kappa shape index (κ2) is 8.09. The maximum absolute atomic E-state index is 14.3. The molecule has 0 aliphatic carbocycles. The van der Waals surface area contributed by atoms with Crippen molar-refractivity contribution in [3.05, 3.63) is 88.0 Å². The van der Waals surface area contributed by atoms with E-state index in [9.17, 15) is 14.0 Å². The van der Waals surface area contributed by atoms with E-state index in [0.717, 1.165) is 22.0 Å². The molecule has 3 aromatic rings. The predicted molar refractivity (Wildman–Crippen MR) is 123 cm³/mol. The number of rotatable bonds is 3. The Labute approximate surface area is 188 Å². The van der Waals surface area contributed by atoms with Gasteiger partial charge in [-0.2, -0.15) is 0 Å². The fourth-order valence-corrected chi connectivity index (χ4v) is 4.07. The number of hydrogen-bond donors (Lipinski definition) is 1. The summed E-state index contributed by atoms with van der Waals surface area (Å²) in [5, 5.41) is 2.91. The van der Waals surface area contributed by atoms with Crippen LogP contribution in [0.4, 0.5) is 10.1 Å². The smallest absolute Gasteiger partial charge is 0.270 e. The van der Waals surface area contributed by atoms with E-state index in [1.807, 2.05) is 42.7 Å². The van der Waals surface area contributed by atoms with E-state index in [1.54, 1.807) is 12.1 Å². The molecule has 1 fully saturated rings. The molecule has 5 nitrogen and oxygen atoms in total. The highest BCUT2D eigenvalue weighted by atomic mass is 35.5. The third kappa shape index (κ3) is 3.78. The van der Waals surface area contributed by atoms with Crippen LogP contribution >= 0.6 is 23.8 Å². The molecule has 4 rings (SSSR count). The van der Waals surface area contributed by atoms with E-state index in [1.165, 1.54) is 24.3 Å². The molecular formula is C23H17ClFN3O2S. The SMILES string of the molecule is Cc1cc(/C=C2\C(=O)NC(=S)N(c3ccccc3F)C2=O)c(C)n1-c1cccc(Cl)c1. The van der Waals surface area contributed by atoms with Gasteiger partial charge in [0.2, 0.25) is 0 Å². The van der Waals surface area contributed by atoms with Crippen LogP contribution in [-0.4, -0.2) is 21.5 Å². The second-order valence-corrected chi connectivity index (χ2v) is 7.87. The zero-order valence-electron chi connectivity index (χ0n) is 16.6. The molecule has 2 aromatic carbocycles. The van der Waals surface area contributed by atoms with Gasteiger partial charge in [-0.25, -0.2) is 9.29 Å². The van der Waals surface area contributed by atoms with Gasteiger partial charge in [0.1, 0.15) is 11.4 Å². The minimum Gasteiger partial charge on any atom is -0.318 e. The highest BCUT2D eigenvalue weighted by molar-refractivity contribution is 7.80. The number of benzene rings is 2. The number of para-hydroxylation sites is 1. The number of thiocarbonyl (C=S) groups is 1. The number of hydrogen-bond acceptors (Lipinski definition) is 3. The number of nitrogens with one attached hydrogen (secondary N) is 1. The first kappa shape index (κ1) is 21.0. The molecule has 1 aromatic heterocycles. The lowest BCUT2D eigenvalue weighted by molar-refractivity contribution is -0.122. The molecule has 0 saturated carbocycles. The molecule has 0 spiro atoms. The first-order valence-corrected chi connectivity index (χ1v) is 10.2. The van der Waals surface area contributed by atoms with Crippen LogP contribution in [0.1, 0.15) is 17.0 Å². The molecule has 0 atom stereocenters. The van der Waals surface area contributed by atoms with Crippen LogP contribution in [0.3, 0.4) is 0 Å². The Hall–Kier alpha value is -3.29. The van der Waals surface area contributed by atoms with E-state index in [0.29, 0.717) is 10.6 Å². The largest absolute Gasteiger partial charge is 0.318 e. The van der Waals surface area contributed by atoms with E-state index < -0.39 is 17.6 Å². The first-order valence-electron chi connectivity index (χ1n) is 9.39. The van der Waals surface area contributed by atoms with Crippen LogP contribution in [0.15, 0.2) is 60.2 Å². The Balaban J connectivity index is 1.79. The third-order valence-corrected chi connectivity index (χ3v) is 5.55. The Bertz CT molecular complexity index is 1280. The minimum atomic E-state index is -0.689. The Morgan fingerprint density at radius 2 is 1.81 bits per heavy atom. The van der Waals surface area contributed by atoms with E-state index in [2.05, 4.69) is 5.32 Å². The van der Waals surface area contributed by atoms with E-state index >= 15 is 0 Å². The lowest BCUT2D eigenvalue weighted by Gasteiger charge is -2.29. The number of amides is 2. The molecule has 8 heteroatoms. The lowest BCUT2D eigenvalue weighted by Crippen LogP contribution is -2.54. The molecule has 156 valence electrons. The van der Waals surface area contributed by atoms with Gasteiger partial charge in [0.05, 0.1) is 5.69 Å². The standard InChI is InChI=1S/C23H17ClFN3O2S/c1-13-10-15(14(2)27(13)17-7-5-6-16(24)12-17)11-18-21(29)26-23(31)28(22(18)30)20-9-4-3-8-19(20)25/h3-12H,1-2H3,(H,26,29,31)/b18-11+. The van der Waals surface area contributed by atoms with Crippen molar-refractivity contribution in [3.63, 3.8) is 0 Å². The molecule has 2 heterocycles. The topological polar surface area (TPSA) is 54.3 Å². The van der Waals surface area contributed by atoms with Crippen molar-refractivity contribution < 1.29 is 14.0 Å². The van der Waals surface area contributed by atoms with Crippen molar-refractivity contribution in [1.29, 1.82) is 0 Å². The van der Waals surface area contributed by atoms with E-state index in [4.69, 9.17) is 23.8 Å². The molecular weight excluding hydrogens is 437 g/mol. The zero-order chi connectivity index (χ0) is 22.3. The molecule has 0 bridgehead atoms. The molecule has 1 aliphatic heterocycles. The molecule has 0 unspecified atom stereocenters. The fourth-order valence-electron chi connectivity index (χ4n) is 3.61. The summed E-state index contributed by atoms with van der Waals surface area (Å²) in [5.41, 5.74) is 3.10. The van der Waals surface area contributed by atoms with Gasteiger partial charge in [-0.3, -0.25) is 14.9 Å². The summed E-state index contributed by atoms with van der Waals surface area (Å²) in [6.45, 7) is 3.80. The number of aryl methyl sites for hydroxylation is 1. The number of nitrogens with zero attached hydrogens (tertiary/aromatic N) is 2. The average molecular weight is 454 g/mol. The molecule has 31 heavy (non-hydrogen) atoms. The van der Waals surface area contributed by atoms with Crippen molar-refractivity contribution in [2.45, 2.75) is 13.8 Å². The van der Waals surface area contributed by atoms with Gasteiger partial charge < -0.3 is 4.57 Å². The van der Waals surface area contributed by atoms with E-state index in [-0.39, 0.29) is 16.4 Å². The lowest BCUT2D eigenvalue weighted by atomic mass is 10.1. The van der Waals surface area contributed by atoms with Crippen LogP contribution < -0.4 is 10.2 Å². The number of carbonyl (C=O) groups is 2. The van der Waals surface area contributed by atoms with Crippen LogP contribution in [0.2, 0.25) is 5.02 Å². The highest BCUT2D eigenvalue weighted by Gasteiger charge is 2.35. The summed E-state index contributed by atoms with van der Waals surface area (Å²) in [5.74, 6) is -1.94. The summed E-state index contributed by atoms with van der Waals surface area (Å²) in [4.78, 5) is 26.7. The van der Waals surface area contributed by atoms with Gasteiger partial charge in [0.15, 0.2) is 5.11 Å². The maximum atomic E-state index is 14.3. The van der Waals surface area contributed by atoms with Crippen molar-refractivity contribution >= 4 is 52.5 Å². The average Bonchev–Trinajstić information content (AvgIpc) is 2.99. The van der Waals surface area contributed by atoms with Gasteiger partial charge in [-0.05, 0) is 74.1 Å². The van der Waals surface area contributed by atoms with Crippen LogP contribution in [0.25, 0.3) is 11.8 Å². The number of aromatic nitrogens is 1. The summed E-state index contributed by atoms with van der Waals surface area (Å²) in [6.07, 6.45) is 1.50. The van der Waals surface area contributed by atoms with Gasteiger partial charge in [0.25, 0.3) is 11.8 Å². The number of anilines is 1. The molecule has 1 N–H and O–H groups in total. The first-order chi connectivity index (χ1) is 14.8. The van der Waals surface area contributed by atoms with Gasteiger partial charge in [0, 0.05) is 22.1 Å². The predicted octanol–water partition coefficient (Wildman–Crippen LogP) is 4.72. The van der Waals surface area contributed by atoms with Crippen LogP contribution in [0.5, 0.6) is 0 Å². The quantitative estimate of drug-likeness (QED) is 0.355. The number of halogens is 2. The summed E-state index contributed by atoms with van der Waals surface area (Å²) in [7, 11) is 0. The van der Waals surface area contributed by atoms with Crippen LogP contribution in [0, 0.1) is 19.7 Å². The number of carbonyl (C=O) groups excluding carboxylic acids is 2. The normalized spacial score (nSPS) is 15.5. The maximum Gasteiger partial charge on any atom is 0.270 e. The molecule has 1 aliphatic rings. The minimum absolute atomic E-state index is 0.0206. The Morgan fingerprint density at radius 3 is 2.52 bits per heavy atom. The molecule has 1 saturated heterocycles. The van der Waals surface area contributed by atoms with Crippen molar-refractivity contribution in [2.75, 3.05) is 4.90 Å². The summed E-state index contributed by atoms with van der Waals surface area (Å²) < 4.78 is 16.3. The Kier molecular flexibility index (Phi) is 5.47. The monoisotopic (exact) mass is 453 g/mol. The highest BCUT2D eigenvalue weighted by Crippen LogP contribution is 2.27. The summed E-state index contributed by atoms with van der Waals surface area (Å²) >= 11 is 11.3. The summed E-state index contributed by atoms with van der Waals surface area (Å²) in [6, 6.07) is 15.0. The van der Waals surface area contributed by atoms with Gasteiger partial charge in [-0.15, -0.1) is 0 Å². The third-order valence-electron chi connectivity index (χ3n) is 5.03. The second-order valence-electron chi connectivity index (χ2n) is 7.05. The Morgan fingerprint density at radius 1 is 1.06 bits per heavy atom. The van der Waals surface area contributed by atoms with Crippen molar-refractivity contribution in [3.8, 4) is 5.69 Å². The molecule has 0 radical (unpaired) electrons. The van der Waals surface area contributed by atoms with Gasteiger partial charge >= 0.3 is 0 Å². The van der Waals surface area contributed by atoms with Crippen molar-refractivity contribution in [1.82, 2.24) is 9.88 Å². The molecule has 2 amide bonds. The van der Waals surface area contributed by atoms with Crippen molar-refractivity contribution in [2.24, 2.45) is 0 Å². The van der Waals surface area contributed by atoms with Crippen LogP contribution in [-0.2, 0) is 9.59 Å². The van der Waals surface area contributed by atoms with Gasteiger partial charge in [-0.1, -0.05) is 29.8 Å². The fraction of sp³-hybridized carbons (Fsp3) is 0.0870. The zero-order valence-corrected chi connectivity index (χ0v) is 18.2.